The summed E-state index contributed by atoms with van der Waals surface area (Å²) in [6.45, 7) is 14.1. The van der Waals surface area contributed by atoms with Crippen LogP contribution in [0.3, 0.4) is 0 Å². The molecule has 19 heavy (non-hydrogen) atoms. The molecule has 0 aromatic carbocycles. The number of nitrogens with one attached hydrogen (secondary N) is 1. The third-order valence-corrected chi connectivity index (χ3v) is 3.72. The van der Waals surface area contributed by atoms with Crippen LogP contribution in [-0.4, -0.2) is 29.6 Å². The maximum absolute atomic E-state index is 12.5. The summed E-state index contributed by atoms with van der Waals surface area (Å²) in [5.74, 6) is 0.877. The third-order valence-electron chi connectivity index (χ3n) is 3.72. The Morgan fingerprint density at radius 2 is 1.95 bits per heavy atom. The molecule has 0 radical (unpaired) electrons. The molecule has 1 aliphatic rings. The third kappa shape index (κ3) is 5.13. The minimum absolute atomic E-state index is 0.0384. The average molecular weight is 268 g/mol. The van der Waals surface area contributed by atoms with E-state index in [1.54, 1.807) is 0 Å². The molecule has 0 aromatic rings. The van der Waals surface area contributed by atoms with E-state index in [9.17, 15) is 4.79 Å². The molecule has 1 N–H and O–H groups in total. The van der Waals surface area contributed by atoms with Crippen molar-refractivity contribution in [2.75, 3.05) is 6.54 Å². The second-order valence-corrected chi connectivity index (χ2v) is 7.50. The van der Waals surface area contributed by atoms with Crippen LogP contribution in [0.2, 0.25) is 0 Å². The first-order chi connectivity index (χ1) is 8.74. The van der Waals surface area contributed by atoms with Crippen molar-refractivity contribution in [3.8, 4) is 0 Å². The Morgan fingerprint density at radius 3 is 2.42 bits per heavy atom. The highest BCUT2D eigenvalue weighted by Gasteiger charge is 2.38. The Bertz CT molecular complexity index is 294. The van der Waals surface area contributed by atoms with Gasteiger partial charge in [-0.05, 0) is 30.6 Å². The van der Waals surface area contributed by atoms with Gasteiger partial charge in [0.05, 0.1) is 12.2 Å². The van der Waals surface area contributed by atoms with E-state index in [-0.39, 0.29) is 17.6 Å². The van der Waals surface area contributed by atoms with Gasteiger partial charge in [-0.2, -0.15) is 0 Å². The minimum atomic E-state index is 0.0384. The van der Waals surface area contributed by atoms with Gasteiger partial charge in [-0.15, -0.1) is 0 Å². The zero-order chi connectivity index (χ0) is 14.6. The molecule has 0 aromatic heterocycles. The SMILES string of the molecule is CCCC1NC(CC(C)C)C(=O)N1CCC(C)(C)C. The van der Waals surface area contributed by atoms with Gasteiger partial charge in [0.2, 0.25) is 5.91 Å². The van der Waals surface area contributed by atoms with Crippen LogP contribution in [0.25, 0.3) is 0 Å². The van der Waals surface area contributed by atoms with Gasteiger partial charge in [0.15, 0.2) is 0 Å². The predicted molar refractivity (Wildman–Crippen MR) is 80.9 cm³/mol. The van der Waals surface area contributed by atoms with Crippen molar-refractivity contribution in [3.63, 3.8) is 0 Å². The molecule has 0 aliphatic carbocycles. The predicted octanol–water partition coefficient (Wildman–Crippen LogP) is 3.40. The highest BCUT2D eigenvalue weighted by molar-refractivity contribution is 5.84. The second-order valence-electron chi connectivity index (χ2n) is 7.50. The summed E-state index contributed by atoms with van der Waals surface area (Å²) in [5, 5.41) is 3.54. The lowest BCUT2D eigenvalue weighted by Crippen LogP contribution is -2.39. The minimum Gasteiger partial charge on any atom is -0.326 e. The lowest BCUT2D eigenvalue weighted by Gasteiger charge is -2.27. The summed E-state index contributed by atoms with van der Waals surface area (Å²) < 4.78 is 0. The molecule has 3 nitrogen and oxygen atoms in total. The van der Waals surface area contributed by atoms with E-state index in [0.29, 0.717) is 11.8 Å². The van der Waals surface area contributed by atoms with Crippen LogP contribution in [0.4, 0.5) is 0 Å². The van der Waals surface area contributed by atoms with Crippen molar-refractivity contribution in [3.05, 3.63) is 0 Å². The largest absolute Gasteiger partial charge is 0.326 e. The number of rotatable bonds is 6. The summed E-state index contributed by atoms with van der Waals surface area (Å²) in [7, 11) is 0. The number of hydrogen-bond donors (Lipinski definition) is 1. The molecule has 1 saturated heterocycles. The lowest BCUT2D eigenvalue weighted by molar-refractivity contribution is -0.130. The normalized spacial score (nSPS) is 24.6. The molecule has 1 amide bonds. The first kappa shape index (κ1) is 16.5. The van der Waals surface area contributed by atoms with Crippen molar-refractivity contribution in [1.29, 1.82) is 0 Å². The molecular weight excluding hydrogens is 236 g/mol. The van der Waals surface area contributed by atoms with Gasteiger partial charge in [0.25, 0.3) is 0 Å². The summed E-state index contributed by atoms with van der Waals surface area (Å²) in [5.41, 5.74) is 0.285. The van der Waals surface area contributed by atoms with Crippen LogP contribution in [0.15, 0.2) is 0 Å². The topological polar surface area (TPSA) is 32.3 Å². The van der Waals surface area contributed by atoms with Crippen LogP contribution < -0.4 is 5.32 Å². The van der Waals surface area contributed by atoms with E-state index >= 15 is 0 Å². The number of carbonyl (C=O) groups excluding carboxylic acids is 1. The van der Waals surface area contributed by atoms with Crippen molar-refractivity contribution >= 4 is 5.91 Å². The highest BCUT2D eigenvalue weighted by atomic mass is 16.2. The van der Waals surface area contributed by atoms with Gasteiger partial charge in [-0.3, -0.25) is 10.1 Å². The molecule has 0 bridgehead atoms. The van der Waals surface area contributed by atoms with E-state index < -0.39 is 0 Å². The zero-order valence-electron chi connectivity index (χ0n) is 13.6. The zero-order valence-corrected chi connectivity index (χ0v) is 13.6. The molecule has 1 rings (SSSR count). The smallest absolute Gasteiger partial charge is 0.241 e. The number of nitrogens with zero attached hydrogens (tertiary/aromatic N) is 1. The number of carbonyl (C=O) groups is 1. The fraction of sp³-hybridized carbons (Fsp3) is 0.938. The Morgan fingerprint density at radius 1 is 1.32 bits per heavy atom. The van der Waals surface area contributed by atoms with Crippen molar-refractivity contribution in [2.45, 2.75) is 79.4 Å². The Hall–Kier alpha value is -0.570. The molecular formula is C16H32N2O. The van der Waals surface area contributed by atoms with Crippen LogP contribution >= 0.6 is 0 Å². The van der Waals surface area contributed by atoms with E-state index in [0.717, 1.165) is 32.2 Å². The Labute approximate surface area is 119 Å². The molecule has 112 valence electrons. The molecule has 1 aliphatic heterocycles. The van der Waals surface area contributed by atoms with Crippen LogP contribution in [-0.2, 0) is 4.79 Å². The van der Waals surface area contributed by atoms with Gasteiger partial charge in [0.1, 0.15) is 0 Å². The standard InChI is InChI=1S/C16H32N2O/c1-7-8-14-17-13(11-12(2)3)15(19)18(14)10-9-16(4,5)6/h12-14,17H,7-11H2,1-6H3. The first-order valence-electron chi connectivity index (χ1n) is 7.81. The van der Waals surface area contributed by atoms with Crippen LogP contribution in [0, 0.1) is 11.3 Å². The van der Waals surface area contributed by atoms with E-state index in [2.05, 4.69) is 51.8 Å². The molecule has 0 saturated carbocycles. The maximum atomic E-state index is 12.5. The van der Waals surface area contributed by atoms with Gasteiger partial charge < -0.3 is 4.90 Å². The maximum Gasteiger partial charge on any atom is 0.241 e. The van der Waals surface area contributed by atoms with Gasteiger partial charge in [0, 0.05) is 6.54 Å². The lowest BCUT2D eigenvalue weighted by atomic mass is 9.92. The van der Waals surface area contributed by atoms with Crippen LogP contribution in [0.1, 0.15) is 67.2 Å². The average Bonchev–Trinajstić information content (AvgIpc) is 2.52. The van der Waals surface area contributed by atoms with E-state index in [1.165, 1.54) is 0 Å². The fourth-order valence-electron chi connectivity index (χ4n) is 2.62. The van der Waals surface area contributed by atoms with E-state index in [1.807, 2.05) is 0 Å². The van der Waals surface area contributed by atoms with E-state index in [4.69, 9.17) is 0 Å². The van der Waals surface area contributed by atoms with Gasteiger partial charge >= 0.3 is 0 Å². The Balaban J connectivity index is 2.66. The molecule has 3 heteroatoms. The molecule has 1 fully saturated rings. The van der Waals surface area contributed by atoms with Crippen molar-refractivity contribution in [2.24, 2.45) is 11.3 Å². The fourth-order valence-corrected chi connectivity index (χ4v) is 2.62. The summed E-state index contributed by atoms with van der Waals surface area (Å²) in [6.07, 6.45) is 4.44. The molecule has 2 unspecified atom stereocenters. The molecule has 1 heterocycles. The summed E-state index contributed by atoms with van der Waals surface area (Å²) >= 11 is 0. The molecule has 2 atom stereocenters. The second kappa shape index (κ2) is 6.74. The summed E-state index contributed by atoms with van der Waals surface area (Å²) in [4.78, 5) is 14.6. The Kier molecular flexibility index (Phi) is 5.84. The first-order valence-corrected chi connectivity index (χ1v) is 7.81. The number of hydrogen-bond acceptors (Lipinski definition) is 2. The van der Waals surface area contributed by atoms with Gasteiger partial charge in [-0.1, -0.05) is 48.0 Å². The quantitative estimate of drug-likeness (QED) is 0.801. The van der Waals surface area contributed by atoms with Crippen molar-refractivity contribution in [1.82, 2.24) is 10.2 Å². The molecule has 0 spiro atoms. The van der Waals surface area contributed by atoms with Gasteiger partial charge in [-0.25, -0.2) is 0 Å². The number of amides is 1. The highest BCUT2D eigenvalue weighted by Crippen LogP contribution is 2.24. The van der Waals surface area contributed by atoms with Crippen LogP contribution in [0.5, 0.6) is 0 Å². The monoisotopic (exact) mass is 268 g/mol. The van der Waals surface area contributed by atoms with Crippen molar-refractivity contribution < 1.29 is 4.79 Å². The summed E-state index contributed by atoms with van der Waals surface area (Å²) in [6, 6.07) is 0.0384.